The van der Waals surface area contributed by atoms with E-state index >= 15 is 0 Å². The maximum atomic E-state index is 12.0. The Morgan fingerprint density at radius 2 is 1.88 bits per heavy atom. The van der Waals surface area contributed by atoms with E-state index in [1.54, 1.807) is 0 Å². The van der Waals surface area contributed by atoms with Crippen LogP contribution in [0.5, 0.6) is 0 Å². The van der Waals surface area contributed by atoms with Crippen molar-refractivity contribution in [1.82, 2.24) is 10.2 Å². The highest BCUT2D eigenvalue weighted by molar-refractivity contribution is 5.96. The first-order valence-electron chi connectivity index (χ1n) is 8.68. The van der Waals surface area contributed by atoms with Crippen LogP contribution < -0.4 is 5.32 Å². The Hall–Kier alpha value is -2.88. The summed E-state index contributed by atoms with van der Waals surface area (Å²) in [6.07, 6.45) is 6.09. The van der Waals surface area contributed by atoms with Gasteiger partial charge in [0.2, 0.25) is 0 Å². The summed E-state index contributed by atoms with van der Waals surface area (Å²) in [5.74, 6) is 0.199. The average Bonchev–Trinajstić information content (AvgIpc) is 3.17. The second-order valence-electron chi connectivity index (χ2n) is 6.17. The zero-order valence-corrected chi connectivity index (χ0v) is 14.4. The van der Waals surface area contributed by atoms with E-state index in [2.05, 4.69) is 39.8 Å². The molecule has 0 saturated carbocycles. The number of nitrogens with zero attached hydrogens (tertiary/aromatic N) is 1. The third-order valence-electron chi connectivity index (χ3n) is 4.23. The molecule has 2 aromatic carbocycles. The molecule has 4 heteroatoms. The number of hydrogen-bond donors (Lipinski definition) is 2. The van der Waals surface area contributed by atoms with Crippen molar-refractivity contribution in [3.63, 3.8) is 0 Å². The molecule has 0 amide bonds. The summed E-state index contributed by atoms with van der Waals surface area (Å²) in [5, 5.41) is 10.5. The molecule has 0 spiro atoms. The molecule has 0 aliphatic heterocycles. The summed E-state index contributed by atoms with van der Waals surface area (Å²) in [6, 6.07) is 18.2. The second kappa shape index (κ2) is 8.29. The van der Waals surface area contributed by atoms with Gasteiger partial charge >= 0.3 is 0 Å². The van der Waals surface area contributed by atoms with Crippen molar-refractivity contribution in [2.45, 2.75) is 32.2 Å². The number of anilines is 1. The van der Waals surface area contributed by atoms with Gasteiger partial charge < -0.3 is 5.32 Å². The minimum Gasteiger partial charge on any atom is -0.378 e. The van der Waals surface area contributed by atoms with Crippen molar-refractivity contribution in [3.8, 4) is 0 Å². The molecule has 128 valence electrons. The van der Waals surface area contributed by atoms with Gasteiger partial charge in [-0.3, -0.25) is 9.89 Å². The van der Waals surface area contributed by atoms with Crippen LogP contribution in [0.4, 0.5) is 5.69 Å². The van der Waals surface area contributed by atoms with Crippen molar-refractivity contribution in [2.75, 3.05) is 5.32 Å². The van der Waals surface area contributed by atoms with Crippen LogP contribution in [-0.2, 0) is 6.42 Å². The lowest BCUT2D eigenvalue weighted by atomic mass is 10.0. The predicted molar refractivity (Wildman–Crippen MR) is 101 cm³/mol. The first kappa shape index (κ1) is 17.0. The highest BCUT2D eigenvalue weighted by atomic mass is 16.1. The fourth-order valence-corrected chi connectivity index (χ4v) is 2.88. The van der Waals surface area contributed by atoms with Crippen LogP contribution in [0.3, 0.4) is 0 Å². The normalized spacial score (nSPS) is 11.9. The van der Waals surface area contributed by atoms with Crippen LogP contribution >= 0.6 is 0 Å². The zero-order valence-electron chi connectivity index (χ0n) is 14.4. The maximum Gasteiger partial charge on any atom is 0.162 e. The van der Waals surface area contributed by atoms with Crippen molar-refractivity contribution in [2.24, 2.45) is 0 Å². The summed E-state index contributed by atoms with van der Waals surface area (Å²) in [6.45, 7) is 2.02. The molecule has 25 heavy (non-hydrogen) atoms. The molecule has 2 N–H and O–H groups in total. The summed E-state index contributed by atoms with van der Waals surface area (Å²) >= 11 is 0. The third kappa shape index (κ3) is 4.57. The molecular weight excluding hydrogens is 310 g/mol. The predicted octanol–water partition coefficient (Wildman–Crippen LogP) is 4.79. The van der Waals surface area contributed by atoms with Gasteiger partial charge in [0.25, 0.3) is 0 Å². The van der Waals surface area contributed by atoms with Gasteiger partial charge in [0.1, 0.15) is 0 Å². The molecule has 0 saturated heterocycles. The quantitative estimate of drug-likeness (QED) is 0.583. The Bertz CT molecular complexity index is 780. The van der Waals surface area contributed by atoms with Gasteiger partial charge in [-0.1, -0.05) is 37.3 Å². The van der Waals surface area contributed by atoms with Gasteiger partial charge in [0, 0.05) is 29.4 Å². The van der Waals surface area contributed by atoms with Gasteiger partial charge in [0.15, 0.2) is 5.78 Å². The number of rotatable bonds is 8. The summed E-state index contributed by atoms with van der Waals surface area (Å²) < 4.78 is 0. The van der Waals surface area contributed by atoms with E-state index in [0.29, 0.717) is 6.42 Å². The van der Waals surface area contributed by atoms with Gasteiger partial charge in [0.05, 0.1) is 12.2 Å². The first-order chi connectivity index (χ1) is 12.3. The second-order valence-corrected chi connectivity index (χ2v) is 6.17. The molecule has 0 fully saturated rings. The number of carbonyl (C=O) groups is 1. The number of Topliss-reactive ketones (excluding diaryl/α,β-unsaturated/α-hetero) is 1. The summed E-state index contributed by atoms with van der Waals surface area (Å²) in [5.41, 5.74) is 4.14. The lowest BCUT2D eigenvalue weighted by Gasteiger charge is -2.19. The highest BCUT2D eigenvalue weighted by Crippen LogP contribution is 2.23. The molecule has 1 aromatic heterocycles. The lowest BCUT2D eigenvalue weighted by Crippen LogP contribution is -2.13. The van der Waals surface area contributed by atoms with Crippen LogP contribution in [0.15, 0.2) is 67.0 Å². The molecule has 1 heterocycles. The Morgan fingerprint density at radius 3 is 2.52 bits per heavy atom. The standard InChI is InChI=1S/C21H23N3O/c1-2-6-21(25)17-9-11-19(12-10-17)24-20(18-14-22-23-15-18)13-16-7-4-3-5-8-16/h3-5,7-12,14-15,20,24H,2,6,13H2,1H3,(H,22,23). The average molecular weight is 333 g/mol. The maximum absolute atomic E-state index is 12.0. The van der Waals surface area contributed by atoms with Gasteiger partial charge in [-0.2, -0.15) is 5.10 Å². The van der Waals surface area contributed by atoms with E-state index in [1.165, 1.54) is 5.56 Å². The zero-order chi connectivity index (χ0) is 17.5. The van der Waals surface area contributed by atoms with Crippen LogP contribution in [-0.4, -0.2) is 16.0 Å². The minimum atomic E-state index is 0.110. The van der Waals surface area contributed by atoms with Crippen molar-refractivity contribution in [3.05, 3.63) is 83.7 Å². The number of hydrogen-bond acceptors (Lipinski definition) is 3. The Kier molecular flexibility index (Phi) is 5.62. The topological polar surface area (TPSA) is 57.8 Å². The largest absolute Gasteiger partial charge is 0.378 e. The number of nitrogens with one attached hydrogen (secondary N) is 2. The third-order valence-corrected chi connectivity index (χ3v) is 4.23. The molecule has 3 rings (SSSR count). The van der Waals surface area contributed by atoms with E-state index in [0.717, 1.165) is 29.7 Å². The fraction of sp³-hybridized carbons (Fsp3) is 0.238. The van der Waals surface area contributed by atoms with Gasteiger partial charge in [-0.05, 0) is 42.7 Å². The Balaban J connectivity index is 1.75. The van der Waals surface area contributed by atoms with Crippen molar-refractivity contribution in [1.29, 1.82) is 0 Å². The monoisotopic (exact) mass is 333 g/mol. The van der Waals surface area contributed by atoms with E-state index in [4.69, 9.17) is 0 Å². The minimum absolute atomic E-state index is 0.110. The molecule has 0 radical (unpaired) electrons. The molecule has 1 atom stereocenters. The number of benzene rings is 2. The SMILES string of the molecule is CCCC(=O)c1ccc(NC(Cc2ccccc2)c2cn[nH]c2)cc1. The van der Waals surface area contributed by atoms with Gasteiger partial charge in [-0.25, -0.2) is 0 Å². The van der Waals surface area contributed by atoms with Crippen molar-refractivity contribution >= 4 is 11.5 Å². The Morgan fingerprint density at radius 1 is 1.12 bits per heavy atom. The fourth-order valence-electron chi connectivity index (χ4n) is 2.88. The van der Waals surface area contributed by atoms with Gasteiger partial charge in [-0.15, -0.1) is 0 Å². The number of ketones is 1. The Labute approximate surface area is 148 Å². The van der Waals surface area contributed by atoms with Crippen LogP contribution in [0, 0.1) is 0 Å². The molecule has 3 aromatic rings. The number of aromatic nitrogens is 2. The number of H-pyrrole nitrogens is 1. The molecule has 0 aliphatic rings. The molecule has 1 unspecified atom stereocenters. The molecule has 4 nitrogen and oxygen atoms in total. The molecule has 0 bridgehead atoms. The van der Waals surface area contributed by atoms with Crippen LogP contribution in [0.25, 0.3) is 0 Å². The summed E-state index contributed by atoms with van der Waals surface area (Å²) in [7, 11) is 0. The highest BCUT2D eigenvalue weighted by Gasteiger charge is 2.14. The van der Waals surface area contributed by atoms with Crippen LogP contribution in [0.1, 0.15) is 47.3 Å². The number of aromatic amines is 1. The van der Waals surface area contributed by atoms with E-state index < -0.39 is 0 Å². The van der Waals surface area contributed by atoms with Crippen molar-refractivity contribution < 1.29 is 4.79 Å². The van der Waals surface area contributed by atoms with E-state index in [-0.39, 0.29) is 11.8 Å². The molecular formula is C21H23N3O. The first-order valence-corrected chi connectivity index (χ1v) is 8.68. The van der Waals surface area contributed by atoms with Crippen LogP contribution in [0.2, 0.25) is 0 Å². The molecule has 0 aliphatic carbocycles. The lowest BCUT2D eigenvalue weighted by molar-refractivity contribution is 0.0982. The van der Waals surface area contributed by atoms with E-state index in [9.17, 15) is 4.79 Å². The number of carbonyl (C=O) groups excluding carboxylic acids is 1. The van der Waals surface area contributed by atoms with E-state index in [1.807, 2.05) is 49.6 Å². The smallest absolute Gasteiger partial charge is 0.162 e. The summed E-state index contributed by atoms with van der Waals surface area (Å²) in [4.78, 5) is 12.0.